The SMILES string of the molecule is CC/C=C\C/C=C\CCCCCCCCCC(=O)OC(COC(=O)CCCCC/C=C\C=C/CCCCCCCCC)COC(=O)CCCCCCCCCCCCC. The lowest BCUT2D eigenvalue weighted by atomic mass is 10.1. The molecule has 0 saturated carbocycles. The molecule has 0 saturated heterocycles. The molecule has 0 aromatic rings. The average Bonchev–Trinajstić information content (AvgIpc) is 3.23. The predicted molar refractivity (Wildman–Crippen MR) is 252 cm³/mol. The van der Waals surface area contributed by atoms with Crippen LogP contribution in [0.4, 0.5) is 0 Å². The first-order valence-corrected chi connectivity index (χ1v) is 25.2. The molecular weight excluding hydrogens is 733 g/mol. The van der Waals surface area contributed by atoms with Crippen LogP contribution in [0.3, 0.4) is 0 Å². The molecule has 0 aromatic heterocycles. The van der Waals surface area contributed by atoms with Gasteiger partial charge in [0.1, 0.15) is 13.2 Å². The van der Waals surface area contributed by atoms with Crippen molar-refractivity contribution in [3.8, 4) is 0 Å². The van der Waals surface area contributed by atoms with E-state index in [0.29, 0.717) is 19.3 Å². The van der Waals surface area contributed by atoms with E-state index in [1.165, 1.54) is 122 Å². The van der Waals surface area contributed by atoms with Gasteiger partial charge in [-0.25, -0.2) is 0 Å². The zero-order chi connectivity index (χ0) is 43.0. The van der Waals surface area contributed by atoms with Gasteiger partial charge >= 0.3 is 17.9 Å². The molecule has 0 aliphatic rings. The fraction of sp³-hybridized carbons (Fsp3) is 0.792. The Labute approximate surface area is 365 Å². The van der Waals surface area contributed by atoms with Crippen molar-refractivity contribution in [3.63, 3.8) is 0 Å². The van der Waals surface area contributed by atoms with Crippen LogP contribution >= 0.6 is 0 Å². The van der Waals surface area contributed by atoms with Gasteiger partial charge < -0.3 is 14.2 Å². The molecule has 1 atom stereocenters. The van der Waals surface area contributed by atoms with Gasteiger partial charge in [-0.15, -0.1) is 0 Å². The van der Waals surface area contributed by atoms with Crippen LogP contribution in [-0.4, -0.2) is 37.2 Å². The summed E-state index contributed by atoms with van der Waals surface area (Å²) in [5, 5.41) is 0. The summed E-state index contributed by atoms with van der Waals surface area (Å²) in [7, 11) is 0. The molecule has 59 heavy (non-hydrogen) atoms. The number of esters is 3. The topological polar surface area (TPSA) is 78.9 Å². The fourth-order valence-corrected chi connectivity index (χ4v) is 7.06. The Morgan fingerprint density at radius 3 is 1.14 bits per heavy atom. The van der Waals surface area contributed by atoms with E-state index in [0.717, 1.165) is 89.9 Å². The second-order valence-electron chi connectivity index (χ2n) is 16.7. The van der Waals surface area contributed by atoms with Crippen LogP contribution in [0.5, 0.6) is 0 Å². The van der Waals surface area contributed by atoms with Gasteiger partial charge in [0, 0.05) is 19.3 Å². The molecule has 0 aromatic carbocycles. The molecule has 0 fully saturated rings. The number of ether oxygens (including phenoxy) is 3. The summed E-state index contributed by atoms with van der Waals surface area (Å²) in [6, 6.07) is 0. The zero-order valence-corrected chi connectivity index (χ0v) is 39.0. The maximum Gasteiger partial charge on any atom is 0.306 e. The molecule has 342 valence electrons. The highest BCUT2D eigenvalue weighted by Crippen LogP contribution is 2.15. The van der Waals surface area contributed by atoms with Crippen LogP contribution in [0.2, 0.25) is 0 Å². The number of carbonyl (C=O) groups is 3. The van der Waals surface area contributed by atoms with Gasteiger partial charge in [0.2, 0.25) is 0 Å². The van der Waals surface area contributed by atoms with E-state index in [1.807, 2.05) is 0 Å². The lowest BCUT2D eigenvalue weighted by Gasteiger charge is -2.18. The van der Waals surface area contributed by atoms with E-state index in [2.05, 4.69) is 69.4 Å². The summed E-state index contributed by atoms with van der Waals surface area (Å²) in [5.41, 5.74) is 0. The van der Waals surface area contributed by atoms with Crippen LogP contribution in [0.25, 0.3) is 0 Å². The Morgan fingerprint density at radius 1 is 0.373 bits per heavy atom. The minimum Gasteiger partial charge on any atom is -0.462 e. The Balaban J connectivity index is 4.40. The van der Waals surface area contributed by atoms with Crippen molar-refractivity contribution in [2.45, 2.75) is 258 Å². The largest absolute Gasteiger partial charge is 0.462 e. The van der Waals surface area contributed by atoms with E-state index in [1.54, 1.807) is 0 Å². The van der Waals surface area contributed by atoms with Crippen LogP contribution in [0.15, 0.2) is 48.6 Å². The molecule has 0 rings (SSSR count). The summed E-state index contributed by atoms with van der Waals surface area (Å²) < 4.78 is 16.7. The zero-order valence-electron chi connectivity index (χ0n) is 39.0. The van der Waals surface area contributed by atoms with Crippen LogP contribution in [0, 0.1) is 0 Å². The number of allylic oxidation sites excluding steroid dienone is 8. The van der Waals surface area contributed by atoms with Crippen molar-refractivity contribution in [1.29, 1.82) is 0 Å². The first-order chi connectivity index (χ1) is 29.0. The molecule has 0 heterocycles. The van der Waals surface area contributed by atoms with Crippen LogP contribution in [-0.2, 0) is 28.6 Å². The third-order valence-electron chi connectivity index (χ3n) is 10.8. The van der Waals surface area contributed by atoms with Gasteiger partial charge in [0.05, 0.1) is 0 Å². The first kappa shape index (κ1) is 56.4. The van der Waals surface area contributed by atoms with Crippen molar-refractivity contribution in [1.82, 2.24) is 0 Å². The van der Waals surface area contributed by atoms with Crippen molar-refractivity contribution in [3.05, 3.63) is 48.6 Å². The second kappa shape index (κ2) is 48.0. The average molecular weight is 827 g/mol. The molecule has 0 aliphatic heterocycles. The Kier molecular flexibility index (Phi) is 45.9. The van der Waals surface area contributed by atoms with Crippen molar-refractivity contribution < 1.29 is 28.6 Å². The van der Waals surface area contributed by atoms with Crippen LogP contribution < -0.4 is 0 Å². The minimum atomic E-state index is -0.784. The number of unbranched alkanes of at least 4 members (excludes halogenated alkanes) is 27. The summed E-state index contributed by atoms with van der Waals surface area (Å²) in [4.78, 5) is 37.9. The lowest BCUT2D eigenvalue weighted by Crippen LogP contribution is -2.30. The van der Waals surface area contributed by atoms with E-state index >= 15 is 0 Å². The normalized spacial score (nSPS) is 12.4. The fourth-order valence-electron chi connectivity index (χ4n) is 7.06. The molecule has 0 amide bonds. The summed E-state index contributed by atoms with van der Waals surface area (Å²) in [6.45, 7) is 6.50. The molecule has 0 spiro atoms. The number of rotatable bonds is 45. The first-order valence-electron chi connectivity index (χ1n) is 25.2. The smallest absolute Gasteiger partial charge is 0.306 e. The standard InChI is InChI=1S/C53H94O6/c1-4-7-10-13-16-19-22-24-26-27-29-31-34-37-40-43-46-52(55)58-49-50(48-57-51(54)45-42-39-36-33-30-21-18-15-12-9-6-3)59-53(56)47-44-41-38-35-32-28-25-23-20-17-14-11-8-5-2/h8,11,17,20,26-27,29,31,50H,4-7,9-10,12-16,18-19,21-25,28,30,32-49H2,1-3H3/b11-8-,20-17-,27-26-,31-29-. The molecule has 6 heteroatoms. The lowest BCUT2D eigenvalue weighted by molar-refractivity contribution is -0.167. The number of hydrogen-bond donors (Lipinski definition) is 0. The van der Waals surface area contributed by atoms with Gasteiger partial charge in [-0.1, -0.05) is 211 Å². The predicted octanol–water partition coefficient (Wildman–Crippen LogP) is 16.3. The highest BCUT2D eigenvalue weighted by atomic mass is 16.6. The molecule has 0 aliphatic carbocycles. The van der Waals surface area contributed by atoms with Gasteiger partial charge in [-0.3, -0.25) is 14.4 Å². The van der Waals surface area contributed by atoms with Crippen molar-refractivity contribution in [2.75, 3.05) is 13.2 Å². The number of carbonyl (C=O) groups excluding carboxylic acids is 3. The quantitative estimate of drug-likeness (QED) is 0.0200. The highest BCUT2D eigenvalue weighted by Gasteiger charge is 2.19. The second-order valence-corrected chi connectivity index (χ2v) is 16.7. The van der Waals surface area contributed by atoms with Crippen molar-refractivity contribution >= 4 is 17.9 Å². The Hall–Kier alpha value is -2.63. The molecule has 0 bridgehead atoms. The highest BCUT2D eigenvalue weighted by molar-refractivity contribution is 5.71. The van der Waals surface area contributed by atoms with E-state index < -0.39 is 6.10 Å². The van der Waals surface area contributed by atoms with Crippen molar-refractivity contribution in [2.24, 2.45) is 0 Å². The minimum absolute atomic E-state index is 0.0830. The van der Waals surface area contributed by atoms with Crippen LogP contribution in [0.1, 0.15) is 252 Å². The van der Waals surface area contributed by atoms with Gasteiger partial charge in [-0.2, -0.15) is 0 Å². The molecule has 6 nitrogen and oxygen atoms in total. The van der Waals surface area contributed by atoms with Gasteiger partial charge in [0.25, 0.3) is 0 Å². The Morgan fingerprint density at radius 2 is 0.712 bits per heavy atom. The molecular formula is C53H94O6. The molecule has 0 N–H and O–H groups in total. The maximum absolute atomic E-state index is 12.8. The summed E-state index contributed by atoms with van der Waals surface area (Å²) in [5.74, 6) is -0.915. The van der Waals surface area contributed by atoms with E-state index in [4.69, 9.17) is 14.2 Å². The molecule has 1 unspecified atom stereocenters. The van der Waals surface area contributed by atoms with Gasteiger partial charge in [0.15, 0.2) is 6.10 Å². The third-order valence-corrected chi connectivity index (χ3v) is 10.8. The summed E-state index contributed by atoms with van der Waals surface area (Å²) >= 11 is 0. The van der Waals surface area contributed by atoms with E-state index in [9.17, 15) is 14.4 Å². The monoisotopic (exact) mass is 827 g/mol. The van der Waals surface area contributed by atoms with Gasteiger partial charge in [-0.05, 0) is 70.6 Å². The molecule has 0 radical (unpaired) electrons. The maximum atomic E-state index is 12.8. The van der Waals surface area contributed by atoms with E-state index in [-0.39, 0.29) is 31.1 Å². The number of hydrogen-bond acceptors (Lipinski definition) is 6. The summed E-state index contributed by atoms with van der Waals surface area (Å²) in [6.07, 6.45) is 56.6. The Bertz CT molecular complexity index is 1040. The third kappa shape index (κ3) is 46.3.